The molecular weight excluding hydrogens is 186 g/mol. The number of rotatable bonds is 0. The standard InChI is InChI=1S/C13H15NO/c1-13(2,3)12-8-11(15)9-6-4-5-7-10(9)14-12/h4-7H,8H2,1-3H3. The lowest BCUT2D eigenvalue weighted by Gasteiger charge is -2.24. The highest BCUT2D eigenvalue weighted by molar-refractivity contribution is 6.16. The maximum absolute atomic E-state index is 11.9. The molecule has 0 aliphatic carbocycles. The monoisotopic (exact) mass is 201 g/mol. The van der Waals surface area contributed by atoms with E-state index in [9.17, 15) is 4.79 Å². The number of benzene rings is 1. The van der Waals surface area contributed by atoms with Gasteiger partial charge in [0.2, 0.25) is 0 Å². The lowest BCUT2D eigenvalue weighted by Crippen LogP contribution is -2.25. The molecular formula is C13H15NO. The molecule has 0 radical (unpaired) electrons. The quantitative estimate of drug-likeness (QED) is 0.632. The smallest absolute Gasteiger partial charge is 0.170 e. The number of Topliss-reactive ketones (excluding diaryl/α,β-unsaturated/α-hetero) is 1. The summed E-state index contributed by atoms with van der Waals surface area (Å²) in [6.45, 7) is 6.27. The van der Waals surface area contributed by atoms with Crippen LogP contribution in [0.25, 0.3) is 0 Å². The zero-order chi connectivity index (χ0) is 11.1. The molecule has 78 valence electrons. The van der Waals surface area contributed by atoms with Gasteiger partial charge >= 0.3 is 0 Å². The minimum Gasteiger partial charge on any atom is -0.294 e. The molecule has 0 fully saturated rings. The van der Waals surface area contributed by atoms with E-state index in [4.69, 9.17) is 0 Å². The third kappa shape index (κ3) is 1.84. The lowest BCUT2D eigenvalue weighted by atomic mass is 9.84. The normalized spacial score (nSPS) is 15.9. The van der Waals surface area contributed by atoms with E-state index in [1.54, 1.807) is 0 Å². The van der Waals surface area contributed by atoms with Crippen LogP contribution in [0.3, 0.4) is 0 Å². The second kappa shape index (κ2) is 3.30. The Morgan fingerprint density at radius 3 is 2.53 bits per heavy atom. The number of aliphatic imine (C=N–C) groups is 1. The first-order valence-corrected chi connectivity index (χ1v) is 5.19. The van der Waals surface area contributed by atoms with Crippen LogP contribution in [0.2, 0.25) is 0 Å². The number of carbonyl (C=O) groups is 1. The number of carbonyl (C=O) groups excluding carboxylic acids is 1. The summed E-state index contributed by atoms with van der Waals surface area (Å²) in [4.78, 5) is 16.4. The first-order valence-electron chi connectivity index (χ1n) is 5.19. The molecule has 1 aromatic rings. The fourth-order valence-corrected chi connectivity index (χ4v) is 1.67. The predicted molar refractivity (Wildman–Crippen MR) is 61.9 cm³/mol. The van der Waals surface area contributed by atoms with Crippen LogP contribution in [0.15, 0.2) is 29.3 Å². The molecule has 2 heteroatoms. The summed E-state index contributed by atoms with van der Waals surface area (Å²) in [7, 11) is 0. The summed E-state index contributed by atoms with van der Waals surface area (Å²) < 4.78 is 0. The second-order valence-corrected chi connectivity index (χ2v) is 4.93. The maximum atomic E-state index is 11.9. The Morgan fingerprint density at radius 2 is 1.87 bits per heavy atom. The minimum absolute atomic E-state index is 0.0246. The van der Waals surface area contributed by atoms with Crippen LogP contribution in [0.1, 0.15) is 37.6 Å². The Labute approximate surface area is 90.0 Å². The van der Waals surface area contributed by atoms with Gasteiger partial charge in [-0.2, -0.15) is 0 Å². The van der Waals surface area contributed by atoms with Crippen molar-refractivity contribution in [2.24, 2.45) is 10.4 Å². The molecule has 0 aromatic heterocycles. The summed E-state index contributed by atoms with van der Waals surface area (Å²) in [6.07, 6.45) is 0.459. The van der Waals surface area contributed by atoms with E-state index in [0.717, 1.165) is 17.0 Å². The Morgan fingerprint density at radius 1 is 1.20 bits per heavy atom. The van der Waals surface area contributed by atoms with Gasteiger partial charge in [-0.1, -0.05) is 32.9 Å². The molecule has 0 saturated carbocycles. The van der Waals surface area contributed by atoms with Gasteiger partial charge in [0, 0.05) is 16.7 Å². The van der Waals surface area contributed by atoms with Crippen molar-refractivity contribution in [3.8, 4) is 0 Å². The highest BCUT2D eigenvalue weighted by Gasteiger charge is 2.26. The highest BCUT2D eigenvalue weighted by atomic mass is 16.1. The Kier molecular flexibility index (Phi) is 2.22. The summed E-state index contributed by atoms with van der Waals surface area (Å²) in [6, 6.07) is 7.55. The largest absolute Gasteiger partial charge is 0.294 e. The maximum Gasteiger partial charge on any atom is 0.170 e. The van der Waals surface area contributed by atoms with Gasteiger partial charge in [0.05, 0.1) is 12.1 Å². The SMILES string of the molecule is CC(C)(C)C1=Nc2ccccc2C(=O)C1. The Bertz CT molecular complexity index is 438. The predicted octanol–water partition coefficient (Wildman–Crippen LogP) is 3.39. The van der Waals surface area contributed by atoms with Crippen LogP contribution in [0.5, 0.6) is 0 Å². The van der Waals surface area contributed by atoms with Crippen molar-refractivity contribution in [2.45, 2.75) is 27.2 Å². The van der Waals surface area contributed by atoms with Crippen molar-refractivity contribution >= 4 is 17.2 Å². The molecule has 0 unspecified atom stereocenters. The van der Waals surface area contributed by atoms with E-state index in [2.05, 4.69) is 25.8 Å². The van der Waals surface area contributed by atoms with Gasteiger partial charge in [-0.25, -0.2) is 0 Å². The van der Waals surface area contributed by atoms with Gasteiger partial charge in [0.25, 0.3) is 0 Å². The molecule has 1 aliphatic heterocycles. The van der Waals surface area contributed by atoms with Crippen molar-refractivity contribution in [2.75, 3.05) is 0 Å². The van der Waals surface area contributed by atoms with Crippen molar-refractivity contribution in [3.05, 3.63) is 29.8 Å². The summed E-state index contributed by atoms with van der Waals surface area (Å²) >= 11 is 0. The van der Waals surface area contributed by atoms with E-state index >= 15 is 0 Å². The van der Waals surface area contributed by atoms with Crippen molar-refractivity contribution < 1.29 is 4.79 Å². The number of para-hydroxylation sites is 1. The molecule has 0 amide bonds. The van der Waals surface area contributed by atoms with Gasteiger partial charge in [-0.05, 0) is 12.1 Å². The molecule has 0 bridgehead atoms. The minimum atomic E-state index is -0.0246. The highest BCUT2D eigenvalue weighted by Crippen LogP contribution is 2.31. The fourth-order valence-electron chi connectivity index (χ4n) is 1.67. The van der Waals surface area contributed by atoms with Gasteiger partial charge in [0.1, 0.15) is 0 Å². The van der Waals surface area contributed by atoms with Gasteiger partial charge in [0.15, 0.2) is 5.78 Å². The number of nitrogens with zero attached hydrogens (tertiary/aromatic N) is 1. The average Bonchev–Trinajstić information content (AvgIpc) is 2.16. The molecule has 0 N–H and O–H groups in total. The van der Waals surface area contributed by atoms with Crippen molar-refractivity contribution in [1.29, 1.82) is 0 Å². The third-order valence-electron chi connectivity index (χ3n) is 2.65. The van der Waals surface area contributed by atoms with Crippen LogP contribution in [0.4, 0.5) is 5.69 Å². The molecule has 0 saturated heterocycles. The number of fused-ring (bicyclic) bond motifs is 1. The average molecular weight is 201 g/mol. The first-order chi connectivity index (χ1) is 6.98. The summed E-state index contributed by atoms with van der Waals surface area (Å²) in [5.74, 6) is 0.186. The van der Waals surface area contributed by atoms with Crippen LogP contribution in [0, 0.1) is 5.41 Å². The van der Waals surface area contributed by atoms with Gasteiger partial charge in [-0.3, -0.25) is 9.79 Å². The van der Waals surface area contributed by atoms with Crippen LogP contribution < -0.4 is 0 Å². The van der Waals surface area contributed by atoms with Crippen LogP contribution in [-0.4, -0.2) is 11.5 Å². The van der Waals surface area contributed by atoms with Crippen LogP contribution in [-0.2, 0) is 0 Å². The second-order valence-electron chi connectivity index (χ2n) is 4.93. The number of hydrogen-bond donors (Lipinski definition) is 0. The summed E-state index contributed by atoms with van der Waals surface area (Å²) in [5, 5.41) is 0. The van der Waals surface area contributed by atoms with Crippen LogP contribution >= 0.6 is 0 Å². The van der Waals surface area contributed by atoms with Crippen molar-refractivity contribution in [1.82, 2.24) is 0 Å². The Hall–Kier alpha value is -1.44. The summed E-state index contributed by atoms with van der Waals surface area (Å²) in [5.41, 5.74) is 2.53. The van der Waals surface area contributed by atoms with E-state index in [0.29, 0.717) is 6.42 Å². The van der Waals surface area contributed by atoms with Gasteiger partial charge < -0.3 is 0 Å². The van der Waals surface area contributed by atoms with E-state index in [1.165, 1.54) is 0 Å². The molecule has 15 heavy (non-hydrogen) atoms. The van der Waals surface area contributed by atoms with Crippen molar-refractivity contribution in [3.63, 3.8) is 0 Å². The zero-order valence-electron chi connectivity index (χ0n) is 9.37. The third-order valence-corrected chi connectivity index (χ3v) is 2.65. The van der Waals surface area contributed by atoms with Gasteiger partial charge in [-0.15, -0.1) is 0 Å². The molecule has 1 heterocycles. The molecule has 1 aromatic carbocycles. The Balaban J connectivity index is 2.52. The lowest BCUT2D eigenvalue weighted by molar-refractivity contribution is 0.0997. The molecule has 0 spiro atoms. The first kappa shape index (κ1) is 10.1. The van der Waals surface area contributed by atoms with E-state index in [1.807, 2.05) is 24.3 Å². The fraction of sp³-hybridized carbons (Fsp3) is 0.385. The molecule has 2 nitrogen and oxygen atoms in total. The van der Waals surface area contributed by atoms with E-state index < -0.39 is 0 Å². The molecule has 1 aliphatic rings. The molecule has 0 atom stereocenters. The number of ketones is 1. The van der Waals surface area contributed by atoms with E-state index in [-0.39, 0.29) is 11.2 Å². The number of hydrogen-bond acceptors (Lipinski definition) is 2. The topological polar surface area (TPSA) is 29.4 Å². The molecule has 2 rings (SSSR count). The zero-order valence-corrected chi connectivity index (χ0v) is 9.37.